The number of carbonyl (C=O) groups is 1. The van der Waals surface area contributed by atoms with E-state index < -0.39 is 40.0 Å². The van der Waals surface area contributed by atoms with Crippen molar-refractivity contribution in [2.75, 3.05) is 13.1 Å². The van der Waals surface area contributed by atoms with Gasteiger partial charge in [0, 0.05) is 11.6 Å². The summed E-state index contributed by atoms with van der Waals surface area (Å²) in [7, 11) is -3.92. The number of primary amides is 1. The van der Waals surface area contributed by atoms with Gasteiger partial charge in [0.2, 0.25) is 15.9 Å². The molecular formula is C12H14ClF3N2O3S. The number of alkyl halides is 3. The zero-order chi connectivity index (χ0) is 17.1. The number of hydrogen-bond acceptors (Lipinski definition) is 3. The van der Waals surface area contributed by atoms with Crippen molar-refractivity contribution < 1.29 is 26.4 Å². The van der Waals surface area contributed by atoms with Crippen LogP contribution < -0.4 is 5.73 Å². The van der Waals surface area contributed by atoms with Crippen LogP contribution in [0.3, 0.4) is 0 Å². The van der Waals surface area contributed by atoms with Crippen LogP contribution in [-0.4, -0.2) is 31.7 Å². The summed E-state index contributed by atoms with van der Waals surface area (Å²) < 4.78 is 62.7. The quantitative estimate of drug-likeness (QED) is 0.844. The highest BCUT2D eigenvalue weighted by Gasteiger charge is 2.31. The van der Waals surface area contributed by atoms with Crippen molar-refractivity contribution in [3.63, 3.8) is 0 Å². The van der Waals surface area contributed by atoms with E-state index in [1.807, 2.05) is 0 Å². The highest BCUT2D eigenvalue weighted by Crippen LogP contribution is 2.32. The van der Waals surface area contributed by atoms with Gasteiger partial charge in [0.05, 0.1) is 17.9 Å². The first-order chi connectivity index (χ1) is 9.97. The third kappa shape index (κ3) is 4.85. The molecule has 0 fully saturated rings. The third-order valence-corrected chi connectivity index (χ3v) is 5.00. The molecule has 0 radical (unpaired) electrons. The first-order valence-corrected chi connectivity index (χ1v) is 8.08. The van der Waals surface area contributed by atoms with Crippen LogP contribution in [-0.2, 0) is 26.7 Å². The van der Waals surface area contributed by atoms with Crippen molar-refractivity contribution in [3.8, 4) is 0 Å². The molecule has 0 heterocycles. The number of carbonyl (C=O) groups excluding carboxylic acids is 1. The Labute approximate surface area is 130 Å². The van der Waals surface area contributed by atoms with Crippen LogP contribution in [0.15, 0.2) is 18.2 Å². The lowest BCUT2D eigenvalue weighted by molar-refractivity contribution is -0.137. The average molecular weight is 359 g/mol. The van der Waals surface area contributed by atoms with Crippen molar-refractivity contribution in [3.05, 3.63) is 34.3 Å². The van der Waals surface area contributed by atoms with E-state index in [4.69, 9.17) is 17.3 Å². The Morgan fingerprint density at radius 1 is 1.36 bits per heavy atom. The van der Waals surface area contributed by atoms with Crippen molar-refractivity contribution in [1.82, 2.24) is 4.31 Å². The third-order valence-electron chi connectivity index (χ3n) is 2.80. The van der Waals surface area contributed by atoms with Crippen LogP contribution in [0.4, 0.5) is 13.2 Å². The summed E-state index contributed by atoms with van der Waals surface area (Å²) in [6.45, 7) is 1.01. The molecule has 0 saturated heterocycles. The number of likely N-dealkylation sites (N-methyl/N-ethyl adjacent to an activating group) is 1. The molecule has 0 unspecified atom stereocenters. The standard InChI is InChI=1S/C12H14ClF3N2O3S/c1-2-18(6-11(17)19)22(20,21)7-8-3-4-9(5-10(8)13)12(14,15)16/h3-5H,2,6-7H2,1H3,(H2,17,19). The Bertz CT molecular complexity index is 662. The number of halogens is 4. The smallest absolute Gasteiger partial charge is 0.369 e. The number of nitrogens with zero attached hydrogens (tertiary/aromatic N) is 1. The van der Waals surface area contributed by atoms with E-state index in [9.17, 15) is 26.4 Å². The maximum absolute atomic E-state index is 12.5. The Balaban J connectivity index is 3.06. The molecule has 1 rings (SSSR count). The van der Waals surface area contributed by atoms with Gasteiger partial charge < -0.3 is 5.73 Å². The molecule has 1 aromatic carbocycles. The summed E-state index contributed by atoms with van der Waals surface area (Å²) in [5.74, 6) is -1.45. The summed E-state index contributed by atoms with van der Waals surface area (Å²) in [6, 6.07) is 2.42. The van der Waals surface area contributed by atoms with E-state index in [0.717, 1.165) is 16.4 Å². The second-order valence-corrected chi connectivity index (χ2v) is 6.83. The highest BCUT2D eigenvalue weighted by atomic mass is 35.5. The van der Waals surface area contributed by atoms with Crippen LogP contribution in [0.1, 0.15) is 18.1 Å². The van der Waals surface area contributed by atoms with Crippen LogP contribution in [0.5, 0.6) is 0 Å². The normalized spacial score (nSPS) is 12.6. The Morgan fingerprint density at radius 3 is 2.36 bits per heavy atom. The molecule has 5 nitrogen and oxygen atoms in total. The molecule has 0 aromatic heterocycles. The van der Waals surface area contributed by atoms with E-state index in [-0.39, 0.29) is 17.1 Å². The molecule has 10 heteroatoms. The molecule has 1 amide bonds. The molecule has 0 aliphatic rings. The van der Waals surface area contributed by atoms with Gasteiger partial charge in [-0.2, -0.15) is 17.5 Å². The van der Waals surface area contributed by atoms with Gasteiger partial charge in [-0.25, -0.2) is 8.42 Å². The van der Waals surface area contributed by atoms with Crippen LogP contribution in [0.2, 0.25) is 5.02 Å². The molecule has 0 aliphatic carbocycles. The maximum Gasteiger partial charge on any atom is 0.416 e. The Hall–Kier alpha value is -1.32. The molecule has 0 bridgehead atoms. The zero-order valence-corrected chi connectivity index (χ0v) is 13.1. The minimum Gasteiger partial charge on any atom is -0.369 e. The van der Waals surface area contributed by atoms with Crippen LogP contribution >= 0.6 is 11.6 Å². The molecular weight excluding hydrogens is 345 g/mol. The Kier molecular flexibility index (Phi) is 5.82. The second-order valence-electron chi connectivity index (χ2n) is 4.45. The van der Waals surface area contributed by atoms with E-state index in [2.05, 4.69) is 0 Å². The van der Waals surface area contributed by atoms with Gasteiger partial charge in [0.1, 0.15) is 0 Å². The number of amides is 1. The largest absolute Gasteiger partial charge is 0.416 e. The fourth-order valence-electron chi connectivity index (χ4n) is 1.71. The first-order valence-electron chi connectivity index (χ1n) is 6.09. The summed E-state index contributed by atoms with van der Waals surface area (Å²) in [6.07, 6.45) is -4.57. The summed E-state index contributed by atoms with van der Waals surface area (Å²) >= 11 is 5.72. The summed E-state index contributed by atoms with van der Waals surface area (Å²) in [4.78, 5) is 10.9. The minimum absolute atomic E-state index is 0.00350. The van der Waals surface area contributed by atoms with E-state index >= 15 is 0 Å². The SMILES string of the molecule is CCN(CC(N)=O)S(=O)(=O)Cc1ccc(C(F)(F)F)cc1Cl. The predicted molar refractivity (Wildman–Crippen MR) is 75.5 cm³/mol. The molecule has 0 atom stereocenters. The fraction of sp³-hybridized carbons (Fsp3) is 0.417. The van der Waals surface area contributed by atoms with E-state index in [1.165, 1.54) is 6.92 Å². The zero-order valence-electron chi connectivity index (χ0n) is 11.5. The van der Waals surface area contributed by atoms with Gasteiger partial charge in [-0.05, 0) is 17.7 Å². The molecule has 0 spiro atoms. The van der Waals surface area contributed by atoms with Gasteiger partial charge >= 0.3 is 6.18 Å². The van der Waals surface area contributed by atoms with Crippen molar-refractivity contribution in [2.24, 2.45) is 5.73 Å². The molecule has 22 heavy (non-hydrogen) atoms. The lowest BCUT2D eigenvalue weighted by Crippen LogP contribution is -2.38. The average Bonchev–Trinajstić information content (AvgIpc) is 2.36. The van der Waals surface area contributed by atoms with Gasteiger partial charge in [-0.3, -0.25) is 4.79 Å². The lowest BCUT2D eigenvalue weighted by atomic mass is 10.1. The Morgan fingerprint density at radius 2 is 1.95 bits per heavy atom. The minimum atomic E-state index is -4.57. The van der Waals surface area contributed by atoms with Gasteiger partial charge in [0.15, 0.2) is 0 Å². The fourth-order valence-corrected chi connectivity index (χ4v) is 3.58. The number of rotatable bonds is 6. The van der Waals surface area contributed by atoms with Crippen LogP contribution in [0.25, 0.3) is 0 Å². The van der Waals surface area contributed by atoms with Crippen molar-refractivity contribution in [1.29, 1.82) is 0 Å². The van der Waals surface area contributed by atoms with Gasteiger partial charge in [-0.15, -0.1) is 0 Å². The monoisotopic (exact) mass is 358 g/mol. The van der Waals surface area contributed by atoms with Crippen LogP contribution in [0, 0.1) is 0 Å². The van der Waals surface area contributed by atoms with E-state index in [1.54, 1.807) is 0 Å². The molecule has 0 aliphatic heterocycles. The topological polar surface area (TPSA) is 80.5 Å². The van der Waals surface area contributed by atoms with Gasteiger partial charge in [-0.1, -0.05) is 24.6 Å². The highest BCUT2D eigenvalue weighted by molar-refractivity contribution is 7.88. The number of benzene rings is 1. The summed E-state index contributed by atoms with van der Waals surface area (Å²) in [5.41, 5.74) is 4.00. The second kappa shape index (κ2) is 6.84. The van der Waals surface area contributed by atoms with Gasteiger partial charge in [0.25, 0.3) is 0 Å². The molecule has 124 valence electrons. The van der Waals surface area contributed by atoms with Crippen molar-refractivity contribution in [2.45, 2.75) is 18.9 Å². The predicted octanol–water partition coefficient (Wildman–Crippen LogP) is 2.00. The number of hydrogen-bond donors (Lipinski definition) is 1. The molecule has 2 N–H and O–H groups in total. The number of sulfonamides is 1. The lowest BCUT2D eigenvalue weighted by Gasteiger charge is -2.19. The molecule has 1 aromatic rings. The maximum atomic E-state index is 12.5. The number of nitrogens with two attached hydrogens (primary N) is 1. The molecule has 0 saturated carbocycles. The summed E-state index contributed by atoms with van der Waals surface area (Å²) in [5, 5.41) is -0.312. The van der Waals surface area contributed by atoms with E-state index in [0.29, 0.717) is 6.07 Å². The first kappa shape index (κ1) is 18.7. The van der Waals surface area contributed by atoms with Crippen molar-refractivity contribution >= 4 is 27.5 Å².